The molecule has 5 nitrogen and oxygen atoms in total. The molecular weight excluding hydrogens is 342 g/mol. The van der Waals surface area contributed by atoms with Crippen LogP contribution in [-0.2, 0) is 27.3 Å². The number of anilines is 1. The van der Waals surface area contributed by atoms with E-state index in [-0.39, 0.29) is 19.1 Å². The molecule has 0 saturated heterocycles. The Morgan fingerprint density at radius 1 is 1.04 bits per heavy atom. The van der Waals surface area contributed by atoms with Gasteiger partial charge >= 0.3 is 12.1 Å². The van der Waals surface area contributed by atoms with E-state index in [4.69, 9.17) is 9.47 Å². The average Bonchev–Trinajstić information content (AvgIpc) is 2.64. The van der Waals surface area contributed by atoms with Crippen molar-refractivity contribution in [3.8, 4) is 0 Å². The lowest BCUT2D eigenvalue weighted by Crippen LogP contribution is -2.44. The minimum atomic E-state index is -0.563. The molecule has 142 valence electrons. The van der Waals surface area contributed by atoms with Crippen LogP contribution in [0.4, 0.5) is 10.5 Å². The summed E-state index contributed by atoms with van der Waals surface area (Å²) < 4.78 is 11.0. The van der Waals surface area contributed by atoms with Crippen molar-refractivity contribution < 1.29 is 19.1 Å². The molecule has 0 bridgehead atoms. The lowest BCUT2D eigenvalue weighted by Gasteiger charge is -2.34. The number of esters is 1. The van der Waals surface area contributed by atoms with Crippen LogP contribution in [0.2, 0.25) is 0 Å². The minimum Gasteiger partial charge on any atom is -0.460 e. The molecule has 3 rings (SSSR count). The van der Waals surface area contributed by atoms with Gasteiger partial charge < -0.3 is 9.47 Å². The molecule has 0 unspecified atom stereocenters. The standard InChI is InChI=1S/C22H25NO4/c1-22(2,3)27-20(24)18-13-17-11-7-8-12-19(17)23(14-18)21(25)26-15-16-9-5-4-6-10-16/h4-12,18H,13-15H2,1-3H3/t18-/m0/s1. The van der Waals surface area contributed by atoms with Gasteiger partial charge in [-0.25, -0.2) is 4.79 Å². The molecule has 0 aromatic heterocycles. The number of carbonyl (C=O) groups excluding carboxylic acids is 2. The van der Waals surface area contributed by atoms with Crippen molar-refractivity contribution in [2.75, 3.05) is 11.4 Å². The zero-order valence-corrected chi connectivity index (χ0v) is 16.0. The fourth-order valence-corrected chi connectivity index (χ4v) is 3.11. The van der Waals surface area contributed by atoms with Gasteiger partial charge in [-0.1, -0.05) is 48.5 Å². The van der Waals surface area contributed by atoms with Crippen molar-refractivity contribution in [3.05, 3.63) is 65.7 Å². The first-order valence-electron chi connectivity index (χ1n) is 9.12. The van der Waals surface area contributed by atoms with E-state index in [1.165, 1.54) is 4.90 Å². The number of hydrogen-bond donors (Lipinski definition) is 0. The topological polar surface area (TPSA) is 55.8 Å². The molecule has 2 aromatic carbocycles. The Morgan fingerprint density at radius 3 is 2.41 bits per heavy atom. The van der Waals surface area contributed by atoms with Crippen molar-refractivity contribution in [1.82, 2.24) is 0 Å². The van der Waals surface area contributed by atoms with Crippen molar-refractivity contribution in [1.29, 1.82) is 0 Å². The summed E-state index contributed by atoms with van der Waals surface area (Å²) in [5.74, 6) is -0.707. The van der Waals surface area contributed by atoms with Gasteiger partial charge in [0.05, 0.1) is 11.6 Å². The van der Waals surface area contributed by atoms with E-state index in [9.17, 15) is 9.59 Å². The van der Waals surface area contributed by atoms with Gasteiger partial charge in [-0.2, -0.15) is 0 Å². The van der Waals surface area contributed by atoms with E-state index in [2.05, 4.69) is 0 Å². The number of ether oxygens (including phenoxy) is 2. The van der Waals surface area contributed by atoms with Gasteiger partial charge in [0.25, 0.3) is 0 Å². The highest BCUT2D eigenvalue weighted by Gasteiger charge is 2.35. The zero-order chi connectivity index (χ0) is 19.4. The van der Waals surface area contributed by atoms with Crippen molar-refractivity contribution in [2.24, 2.45) is 5.92 Å². The summed E-state index contributed by atoms with van der Waals surface area (Å²) in [7, 11) is 0. The minimum absolute atomic E-state index is 0.190. The van der Waals surface area contributed by atoms with Crippen LogP contribution in [0.1, 0.15) is 31.9 Å². The number of rotatable bonds is 3. The molecule has 1 aliphatic heterocycles. The monoisotopic (exact) mass is 367 g/mol. The van der Waals surface area contributed by atoms with Crippen molar-refractivity contribution >= 4 is 17.7 Å². The molecule has 1 aliphatic rings. The Kier molecular flexibility index (Phi) is 5.49. The maximum absolute atomic E-state index is 12.7. The quantitative estimate of drug-likeness (QED) is 0.757. The van der Waals surface area contributed by atoms with Crippen LogP contribution in [0, 0.1) is 5.92 Å². The molecule has 27 heavy (non-hydrogen) atoms. The zero-order valence-electron chi connectivity index (χ0n) is 16.0. The van der Waals surface area contributed by atoms with Gasteiger partial charge in [0.2, 0.25) is 0 Å². The number of carbonyl (C=O) groups is 2. The third kappa shape index (κ3) is 4.88. The number of para-hydroxylation sites is 1. The number of fused-ring (bicyclic) bond motifs is 1. The fraction of sp³-hybridized carbons (Fsp3) is 0.364. The summed E-state index contributed by atoms with van der Waals surface area (Å²) in [5, 5.41) is 0. The Labute approximate surface area is 159 Å². The Hall–Kier alpha value is -2.82. The maximum atomic E-state index is 12.7. The van der Waals surface area contributed by atoms with E-state index >= 15 is 0 Å². The first kappa shape index (κ1) is 19.0. The first-order valence-corrected chi connectivity index (χ1v) is 9.12. The van der Waals surface area contributed by atoms with Crippen LogP contribution in [0.5, 0.6) is 0 Å². The third-order valence-electron chi connectivity index (χ3n) is 4.32. The van der Waals surface area contributed by atoms with Gasteiger partial charge in [0, 0.05) is 6.54 Å². The molecule has 1 heterocycles. The molecule has 1 atom stereocenters. The molecular formula is C22H25NO4. The molecule has 0 spiro atoms. The second-order valence-corrected chi connectivity index (χ2v) is 7.71. The van der Waals surface area contributed by atoms with E-state index in [0.717, 1.165) is 16.8 Å². The number of benzene rings is 2. The van der Waals surface area contributed by atoms with E-state index in [1.807, 2.05) is 75.4 Å². The lowest BCUT2D eigenvalue weighted by molar-refractivity contribution is -0.159. The predicted octanol–water partition coefficient (Wildman–Crippen LogP) is 4.34. The van der Waals surface area contributed by atoms with Gasteiger partial charge in [-0.3, -0.25) is 9.69 Å². The second-order valence-electron chi connectivity index (χ2n) is 7.71. The van der Waals surface area contributed by atoms with Crippen LogP contribution in [0.15, 0.2) is 54.6 Å². The molecule has 0 saturated carbocycles. The summed E-state index contributed by atoms with van der Waals surface area (Å²) in [6.07, 6.45) is 0.0904. The highest BCUT2D eigenvalue weighted by atomic mass is 16.6. The van der Waals surface area contributed by atoms with Crippen LogP contribution < -0.4 is 4.90 Å². The molecule has 2 aromatic rings. The number of hydrogen-bond acceptors (Lipinski definition) is 4. The highest BCUT2D eigenvalue weighted by Crippen LogP contribution is 2.31. The molecule has 0 N–H and O–H groups in total. The molecule has 1 amide bonds. The molecule has 5 heteroatoms. The summed E-state index contributed by atoms with van der Waals surface area (Å²) in [6.45, 7) is 5.96. The Morgan fingerprint density at radius 2 is 1.70 bits per heavy atom. The van der Waals surface area contributed by atoms with Gasteiger partial charge in [-0.15, -0.1) is 0 Å². The van der Waals surface area contributed by atoms with E-state index < -0.39 is 17.6 Å². The molecule has 0 fully saturated rings. The normalized spacial score (nSPS) is 16.4. The van der Waals surface area contributed by atoms with Crippen LogP contribution >= 0.6 is 0 Å². The fourth-order valence-electron chi connectivity index (χ4n) is 3.11. The number of nitrogens with zero attached hydrogens (tertiary/aromatic N) is 1. The Bertz CT molecular complexity index is 811. The van der Waals surface area contributed by atoms with E-state index in [0.29, 0.717) is 6.42 Å². The lowest BCUT2D eigenvalue weighted by atomic mass is 9.92. The van der Waals surface area contributed by atoms with E-state index in [1.54, 1.807) is 0 Å². The smallest absolute Gasteiger partial charge is 0.414 e. The summed E-state index contributed by atoms with van der Waals surface area (Å²) in [6, 6.07) is 17.1. The molecule has 0 aliphatic carbocycles. The largest absolute Gasteiger partial charge is 0.460 e. The third-order valence-corrected chi connectivity index (χ3v) is 4.32. The van der Waals surface area contributed by atoms with Crippen molar-refractivity contribution in [3.63, 3.8) is 0 Å². The SMILES string of the molecule is CC(C)(C)OC(=O)[C@H]1Cc2ccccc2N(C(=O)OCc2ccccc2)C1. The number of amides is 1. The first-order chi connectivity index (χ1) is 12.8. The van der Waals surface area contributed by atoms with Gasteiger partial charge in [-0.05, 0) is 44.4 Å². The average molecular weight is 367 g/mol. The predicted molar refractivity (Wildman–Crippen MR) is 103 cm³/mol. The van der Waals surface area contributed by atoms with Gasteiger partial charge in [0.15, 0.2) is 0 Å². The maximum Gasteiger partial charge on any atom is 0.414 e. The second kappa shape index (κ2) is 7.82. The van der Waals surface area contributed by atoms with Crippen LogP contribution in [0.25, 0.3) is 0 Å². The summed E-state index contributed by atoms with van der Waals surface area (Å²) in [4.78, 5) is 26.8. The van der Waals surface area contributed by atoms with Crippen molar-refractivity contribution in [2.45, 2.75) is 39.4 Å². The van der Waals surface area contributed by atoms with Gasteiger partial charge in [0.1, 0.15) is 12.2 Å². The Balaban J connectivity index is 1.76. The highest BCUT2D eigenvalue weighted by molar-refractivity contribution is 5.91. The van der Waals surface area contributed by atoms with Crippen LogP contribution in [-0.4, -0.2) is 24.2 Å². The molecule has 0 radical (unpaired) electrons. The van der Waals surface area contributed by atoms with Crippen LogP contribution in [0.3, 0.4) is 0 Å². The summed E-state index contributed by atoms with van der Waals surface area (Å²) in [5.41, 5.74) is 2.08. The summed E-state index contributed by atoms with van der Waals surface area (Å²) >= 11 is 0.